The summed E-state index contributed by atoms with van der Waals surface area (Å²) in [6.45, 7) is 1.39. The zero-order chi connectivity index (χ0) is 50.7. The number of nitrogens with one attached hydrogen (secondary N) is 7. The van der Waals surface area contributed by atoms with Gasteiger partial charge in [-0.3, -0.25) is 24.0 Å². The summed E-state index contributed by atoms with van der Waals surface area (Å²) >= 11 is 0. The SMILES string of the molecule is CC(NC(=O)[C@@H](Cc1c[nH]c2ccccc12)NC(=O)[C@@H](COCc1ccccc1)NC(=O)[C@@H](Cc1ccc(OCc2ccccc2)cc1)NC(=O)[C@@H](Cc1cnc[nH]1)NC(=O)OCc1ccccc1)C(N)=O. The van der Waals surface area contributed by atoms with Gasteiger partial charge in [0.15, 0.2) is 0 Å². The molecule has 7 rings (SSSR count). The third-order valence-electron chi connectivity index (χ3n) is 11.6. The number of hydrogen-bond acceptors (Lipinski definition) is 10. The Morgan fingerprint density at radius 2 is 1.10 bits per heavy atom. The lowest BCUT2D eigenvalue weighted by molar-refractivity contribution is -0.135. The van der Waals surface area contributed by atoms with E-state index in [9.17, 15) is 28.8 Å². The Hall–Kier alpha value is -8.77. The molecule has 5 aromatic carbocycles. The van der Waals surface area contributed by atoms with E-state index in [1.807, 2.05) is 91.0 Å². The molecular weight excluding hydrogens is 919 g/mol. The third kappa shape index (κ3) is 15.4. The fourth-order valence-electron chi connectivity index (χ4n) is 7.62. The molecule has 372 valence electrons. The highest BCUT2D eigenvalue weighted by molar-refractivity contribution is 5.97. The largest absolute Gasteiger partial charge is 0.489 e. The predicted octanol–water partition coefficient (Wildman–Crippen LogP) is 4.45. The molecule has 7 aromatic rings. The average Bonchev–Trinajstić information content (AvgIpc) is 4.08. The number of rotatable bonds is 25. The Kier molecular flexibility index (Phi) is 18.3. The van der Waals surface area contributed by atoms with Crippen molar-refractivity contribution < 1.29 is 43.0 Å². The first kappa shape index (κ1) is 51.1. The number of amides is 6. The van der Waals surface area contributed by atoms with Gasteiger partial charge in [-0.2, -0.15) is 0 Å². The van der Waals surface area contributed by atoms with E-state index in [0.717, 1.165) is 27.6 Å². The molecule has 0 bridgehead atoms. The number of imidazole rings is 1. The molecule has 2 aromatic heterocycles. The van der Waals surface area contributed by atoms with Crippen LogP contribution in [0.4, 0.5) is 4.79 Å². The zero-order valence-corrected chi connectivity index (χ0v) is 39.5. The van der Waals surface area contributed by atoms with Crippen molar-refractivity contribution in [2.45, 2.75) is 76.2 Å². The maximum atomic E-state index is 14.8. The summed E-state index contributed by atoms with van der Waals surface area (Å²) in [6.07, 6.45) is 3.63. The smallest absolute Gasteiger partial charge is 0.408 e. The first-order chi connectivity index (χ1) is 35.0. The van der Waals surface area contributed by atoms with Crippen molar-refractivity contribution in [2.75, 3.05) is 6.61 Å². The number of aromatic nitrogens is 3. The number of carbonyl (C=O) groups excluding carboxylic acids is 6. The summed E-state index contributed by atoms with van der Waals surface area (Å²) in [5, 5.41) is 14.4. The van der Waals surface area contributed by atoms with Gasteiger partial charge in [0, 0.05) is 48.3 Å². The molecule has 72 heavy (non-hydrogen) atoms. The number of fused-ring (bicyclic) bond motifs is 1. The summed E-state index contributed by atoms with van der Waals surface area (Å²) in [5.41, 5.74) is 10.6. The molecule has 6 amide bonds. The van der Waals surface area contributed by atoms with E-state index < -0.39 is 65.8 Å². The summed E-state index contributed by atoms with van der Waals surface area (Å²) in [6, 6.07) is 35.9. The van der Waals surface area contributed by atoms with Crippen LogP contribution in [0.3, 0.4) is 0 Å². The highest BCUT2D eigenvalue weighted by atomic mass is 16.5. The molecule has 18 heteroatoms. The molecule has 1 unspecified atom stereocenters. The second-order valence-corrected chi connectivity index (χ2v) is 17.0. The molecule has 0 saturated heterocycles. The van der Waals surface area contributed by atoms with Crippen molar-refractivity contribution in [2.24, 2.45) is 5.73 Å². The maximum Gasteiger partial charge on any atom is 0.408 e. The second kappa shape index (κ2) is 25.7. The van der Waals surface area contributed by atoms with Crippen molar-refractivity contribution in [1.82, 2.24) is 41.5 Å². The summed E-state index contributed by atoms with van der Waals surface area (Å²) < 4.78 is 17.5. The van der Waals surface area contributed by atoms with Gasteiger partial charge in [-0.05, 0) is 52.9 Å². The van der Waals surface area contributed by atoms with Gasteiger partial charge in [0.25, 0.3) is 0 Å². The molecule has 2 heterocycles. The van der Waals surface area contributed by atoms with Gasteiger partial charge < -0.3 is 56.5 Å². The number of nitrogens with zero attached hydrogens (tertiary/aromatic N) is 1. The van der Waals surface area contributed by atoms with Gasteiger partial charge >= 0.3 is 6.09 Å². The standard InChI is InChI=1S/C54H57N9O9/c1-35(49(55)64)59-50(65)46(26-40-28-57-44-20-12-11-19-43(40)44)61-53(68)48(33-70-30-37-13-5-2-6-14-37)62-51(66)45(25-36-21-23-42(24-22-36)71-31-38-15-7-3-8-16-38)60-52(67)47(27-41-29-56-34-58-41)63-54(69)72-32-39-17-9-4-10-18-39/h2-24,28-29,34-35,45-48,57H,25-27,30-33H2,1H3,(H2,55,64)(H,56,58)(H,59,65)(H,60,67)(H,61,68)(H,62,66)(H,63,69)/t35?,45-,46-,47-,48-/m1/s1. The summed E-state index contributed by atoms with van der Waals surface area (Å²) in [4.78, 5) is 93.1. The Labute approximate surface area is 415 Å². The number of H-pyrrole nitrogens is 2. The number of aromatic amines is 2. The molecule has 5 atom stereocenters. The van der Waals surface area contributed by atoms with Crippen LogP contribution < -0.4 is 37.1 Å². The van der Waals surface area contributed by atoms with E-state index in [4.69, 9.17) is 19.9 Å². The number of para-hydroxylation sites is 1. The van der Waals surface area contributed by atoms with Crippen molar-refractivity contribution in [3.63, 3.8) is 0 Å². The predicted molar refractivity (Wildman–Crippen MR) is 267 cm³/mol. The quantitative estimate of drug-likeness (QED) is 0.0399. The third-order valence-corrected chi connectivity index (χ3v) is 11.6. The molecular formula is C54H57N9O9. The Morgan fingerprint density at radius 3 is 1.72 bits per heavy atom. The molecule has 0 fully saturated rings. The number of ether oxygens (including phenoxy) is 3. The van der Waals surface area contributed by atoms with Crippen LogP contribution in [0.5, 0.6) is 5.75 Å². The molecule has 0 spiro atoms. The number of primary amides is 1. The lowest BCUT2D eigenvalue weighted by atomic mass is 10.0. The fourth-order valence-corrected chi connectivity index (χ4v) is 7.62. The number of hydrogen-bond donors (Lipinski definition) is 8. The van der Waals surface area contributed by atoms with Gasteiger partial charge in [-0.1, -0.05) is 121 Å². The van der Waals surface area contributed by atoms with Gasteiger partial charge in [-0.15, -0.1) is 0 Å². The second-order valence-electron chi connectivity index (χ2n) is 17.0. The Balaban J connectivity index is 1.15. The van der Waals surface area contributed by atoms with E-state index >= 15 is 0 Å². The molecule has 0 aliphatic heterocycles. The van der Waals surface area contributed by atoms with Crippen LogP contribution in [0.15, 0.2) is 158 Å². The molecule has 0 aliphatic rings. The molecule has 9 N–H and O–H groups in total. The van der Waals surface area contributed by atoms with Crippen LogP contribution in [0.25, 0.3) is 10.9 Å². The highest BCUT2D eigenvalue weighted by Gasteiger charge is 2.33. The minimum Gasteiger partial charge on any atom is -0.489 e. The molecule has 0 radical (unpaired) electrons. The Bertz CT molecular complexity index is 2860. The van der Waals surface area contributed by atoms with E-state index in [2.05, 4.69) is 41.5 Å². The summed E-state index contributed by atoms with van der Waals surface area (Å²) in [7, 11) is 0. The number of carbonyl (C=O) groups is 6. The van der Waals surface area contributed by atoms with Crippen molar-refractivity contribution >= 4 is 46.5 Å². The van der Waals surface area contributed by atoms with E-state index in [0.29, 0.717) is 29.2 Å². The van der Waals surface area contributed by atoms with Crippen LogP contribution >= 0.6 is 0 Å². The monoisotopic (exact) mass is 975 g/mol. The van der Waals surface area contributed by atoms with E-state index in [1.54, 1.807) is 54.7 Å². The topological polar surface area (TPSA) is 261 Å². The maximum absolute atomic E-state index is 14.8. The zero-order valence-electron chi connectivity index (χ0n) is 39.5. The molecule has 18 nitrogen and oxygen atoms in total. The molecule has 0 saturated carbocycles. The molecule has 0 aliphatic carbocycles. The van der Waals surface area contributed by atoms with Crippen LogP contribution in [0, 0.1) is 0 Å². The number of nitrogens with two attached hydrogens (primary N) is 1. The first-order valence-corrected chi connectivity index (χ1v) is 23.3. The lowest BCUT2D eigenvalue weighted by Gasteiger charge is -2.27. The van der Waals surface area contributed by atoms with Gasteiger partial charge in [0.1, 0.15) is 49.2 Å². The van der Waals surface area contributed by atoms with E-state index in [-0.39, 0.29) is 39.1 Å². The fraction of sp³-hybridized carbons (Fsp3) is 0.241. The average molecular weight is 976 g/mol. The number of benzene rings is 5. The first-order valence-electron chi connectivity index (χ1n) is 23.3. The van der Waals surface area contributed by atoms with Crippen LogP contribution in [0.1, 0.15) is 40.4 Å². The highest BCUT2D eigenvalue weighted by Crippen LogP contribution is 2.20. The van der Waals surface area contributed by atoms with Crippen LogP contribution in [0.2, 0.25) is 0 Å². The minimum absolute atomic E-state index is 0.0130. The van der Waals surface area contributed by atoms with Crippen molar-refractivity contribution in [3.05, 3.63) is 192 Å². The Morgan fingerprint density at radius 1 is 0.556 bits per heavy atom. The van der Waals surface area contributed by atoms with Gasteiger partial charge in [-0.25, -0.2) is 9.78 Å². The lowest BCUT2D eigenvalue weighted by Crippen LogP contribution is -2.60. The number of alkyl carbamates (subject to hydrolysis) is 1. The van der Waals surface area contributed by atoms with Crippen LogP contribution in [-0.4, -0.2) is 87.4 Å². The van der Waals surface area contributed by atoms with E-state index in [1.165, 1.54) is 19.4 Å². The van der Waals surface area contributed by atoms with Gasteiger partial charge in [0.05, 0.1) is 19.5 Å². The van der Waals surface area contributed by atoms with Crippen molar-refractivity contribution in [3.8, 4) is 5.75 Å². The van der Waals surface area contributed by atoms with Gasteiger partial charge in [0.2, 0.25) is 29.5 Å². The van der Waals surface area contributed by atoms with Crippen molar-refractivity contribution in [1.29, 1.82) is 0 Å². The normalized spacial score (nSPS) is 13.1. The summed E-state index contributed by atoms with van der Waals surface area (Å²) in [5.74, 6) is -3.25. The minimum atomic E-state index is -1.44. The van der Waals surface area contributed by atoms with Crippen LogP contribution in [-0.2, 0) is 72.5 Å².